The summed E-state index contributed by atoms with van der Waals surface area (Å²) in [6, 6.07) is 24.2. The molecular formula is C24H27N3O. The van der Waals surface area contributed by atoms with Gasteiger partial charge in [0.1, 0.15) is 5.69 Å². The second kappa shape index (κ2) is 9.18. The smallest absolute Gasteiger partial charge is 0.272 e. The van der Waals surface area contributed by atoms with Crippen LogP contribution in [-0.4, -0.2) is 28.9 Å². The molecule has 0 fully saturated rings. The molecule has 4 nitrogen and oxygen atoms in total. The van der Waals surface area contributed by atoms with Crippen molar-refractivity contribution in [1.82, 2.24) is 9.88 Å². The number of rotatable bonds is 7. The standard InChI is InChI=1S/C24H27N3O/c1-19(2)27(18-21-12-8-5-9-13-21)24(28)23-15-14-22(16-25-23)26(3)17-20-10-6-4-7-11-20/h4-16,19H,17-18H2,1-3H3. The molecule has 0 atom stereocenters. The van der Waals surface area contributed by atoms with Crippen molar-refractivity contribution in [2.24, 2.45) is 0 Å². The van der Waals surface area contributed by atoms with Gasteiger partial charge in [0, 0.05) is 26.2 Å². The zero-order valence-electron chi connectivity index (χ0n) is 16.7. The molecule has 0 N–H and O–H groups in total. The lowest BCUT2D eigenvalue weighted by Crippen LogP contribution is -2.36. The zero-order chi connectivity index (χ0) is 19.9. The van der Waals surface area contributed by atoms with Crippen LogP contribution in [0.2, 0.25) is 0 Å². The van der Waals surface area contributed by atoms with Gasteiger partial charge in [-0.1, -0.05) is 60.7 Å². The van der Waals surface area contributed by atoms with E-state index in [4.69, 9.17) is 0 Å². The number of pyridine rings is 1. The topological polar surface area (TPSA) is 36.4 Å². The minimum absolute atomic E-state index is 0.0453. The van der Waals surface area contributed by atoms with Crippen molar-refractivity contribution in [3.05, 3.63) is 95.8 Å². The van der Waals surface area contributed by atoms with E-state index in [-0.39, 0.29) is 11.9 Å². The number of benzene rings is 2. The second-order valence-corrected chi connectivity index (χ2v) is 7.26. The molecule has 2 aromatic carbocycles. The number of hydrogen-bond acceptors (Lipinski definition) is 3. The van der Waals surface area contributed by atoms with Crippen molar-refractivity contribution >= 4 is 11.6 Å². The molecule has 0 spiro atoms. The van der Waals surface area contributed by atoms with Gasteiger partial charge in [0.25, 0.3) is 5.91 Å². The highest BCUT2D eigenvalue weighted by Crippen LogP contribution is 2.17. The fourth-order valence-electron chi connectivity index (χ4n) is 3.10. The van der Waals surface area contributed by atoms with Gasteiger partial charge in [-0.3, -0.25) is 4.79 Å². The summed E-state index contributed by atoms with van der Waals surface area (Å²) in [4.78, 5) is 21.4. The second-order valence-electron chi connectivity index (χ2n) is 7.26. The Hall–Kier alpha value is -3.14. The highest BCUT2D eigenvalue weighted by molar-refractivity contribution is 5.92. The van der Waals surface area contributed by atoms with E-state index < -0.39 is 0 Å². The minimum atomic E-state index is -0.0453. The van der Waals surface area contributed by atoms with Crippen molar-refractivity contribution < 1.29 is 4.79 Å². The molecule has 4 heteroatoms. The van der Waals surface area contributed by atoms with Gasteiger partial charge in [-0.05, 0) is 37.1 Å². The van der Waals surface area contributed by atoms with Crippen LogP contribution in [0.5, 0.6) is 0 Å². The maximum atomic E-state index is 13.0. The first kappa shape index (κ1) is 19.6. The van der Waals surface area contributed by atoms with Gasteiger partial charge in [0.05, 0.1) is 11.9 Å². The fourth-order valence-corrected chi connectivity index (χ4v) is 3.10. The molecule has 0 saturated heterocycles. The van der Waals surface area contributed by atoms with Crippen LogP contribution in [0, 0.1) is 0 Å². The largest absolute Gasteiger partial charge is 0.369 e. The molecule has 0 unspecified atom stereocenters. The van der Waals surface area contributed by atoms with Crippen molar-refractivity contribution in [2.75, 3.05) is 11.9 Å². The lowest BCUT2D eigenvalue weighted by atomic mass is 10.1. The van der Waals surface area contributed by atoms with Crippen LogP contribution in [-0.2, 0) is 13.1 Å². The zero-order valence-corrected chi connectivity index (χ0v) is 16.7. The summed E-state index contributed by atoms with van der Waals surface area (Å²) >= 11 is 0. The first-order valence-electron chi connectivity index (χ1n) is 9.60. The van der Waals surface area contributed by atoms with Crippen LogP contribution in [0.4, 0.5) is 5.69 Å². The number of amides is 1. The maximum Gasteiger partial charge on any atom is 0.272 e. The lowest BCUT2D eigenvalue weighted by Gasteiger charge is -2.27. The Balaban J connectivity index is 1.71. The van der Waals surface area contributed by atoms with Crippen LogP contribution < -0.4 is 4.90 Å². The molecule has 0 aliphatic heterocycles. The number of carbonyl (C=O) groups is 1. The summed E-state index contributed by atoms with van der Waals surface area (Å²) in [5.41, 5.74) is 3.81. The van der Waals surface area contributed by atoms with Gasteiger partial charge >= 0.3 is 0 Å². The van der Waals surface area contributed by atoms with Gasteiger partial charge in [0.2, 0.25) is 0 Å². The number of nitrogens with zero attached hydrogens (tertiary/aromatic N) is 3. The van der Waals surface area contributed by atoms with E-state index in [1.54, 1.807) is 6.20 Å². The third kappa shape index (κ3) is 4.97. The number of carbonyl (C=O) groups excluding carboxylic acids is 1. The number of aromatic nitrogens is 1. The van der Waals surface area contributed by atoms with Crippen molar-refractivity contribution in [3.8, 4) is 0 Å². The number of anilines is 1. The van der Waals surface area contributed by atoms with Crippen molar-refractivity contribution in [2.45, 2.75) is 33.0 Å². The number of hydrogen-bond donors (Lipinski definition) is 0. The lowest BCUT2D eigenvalue weighted by molar-refractivity contribution is 0.0684. The van der Waals surface area contributed by atoms with E-state index in [2.05, 4.69) is 22.0 Å². The molecule has 144 valence electrons. The molecule has 0 aliphatic rings. The molecule has 0 aliphatic carbocycles. The average Bonchev–Trinajstić information content (AvgIpc) is 2.73. The van der Waals surface area contributed by atoms with Gasteiger partial charge in [-0.15, -0.1) is 0 Å². The fraction of sp³-hybridized carbons (Fsp3) is 0.250. The van der Waals surface area contributed by atoms with E-state index in [9.17, 15) is 4.79 Å². The summed E-state index contributed by atoms with van der Waals surface area (Å²) in [7, 11) is 2.03. The monoisotopic (exact) mass is 373 g/mol. The first-order valence-corrected chi connectivity index (χ1v) is 9.60. The Kier molecular flexibility index (Phi) is 6.43. The Labute approximate surface area is 167 Å². The molecule has 1 amide bonds. The highest BCUT2D eigenvalue weighted by Gasteiger charge is 2.20. The van der Waals surface area contributed by atoms with Crippen molar-refractivity contribution in [1.29, 1.82) is 0 Å². The van der Waals surface area contributed by atoms with Crippen LogP contribution >= 0.6 is 0 Å². The summed E-state index contributed by atoms with van der Waals surface area (Å²) in [6.07, 6.45) is 1.77. The summed E-state index contributed by atoms with van der Waals surface area (Å²) in [5, 5.41) is 0. The first-order chi connectivity index (χ1) is 13.5. The van der Waals surface area contributed by atoms with Crippen LogP contribution in [0.15, 0.2) is 79.0 Å². The molecule has 0 radical (unpaired) electrons. The molecule has 1 heterocycles. The summed E-state index contributed by atoms with van der Waals surface area (Å²) < 4.78 is 0. The normalized spacial score (nSPS) is 10.7. The van der Waals surface area contributed by atoms with Gasteiger partial charge in [0.15, 0.2) is 0 Å². The van der Waals surface area contributed by atoms with E-state index in [1.165, 1.54) is 5.56 Å². The van der Waals surface area contributed by atoms with E-state index in [0.717, 1.165) is 17.8 Å². The predicted molar refractivity (Wildman–Crippen MR) is 114 cm³/mol. The molecule has 3 aromatic rings. The quantitative estimate of drug-likeness (QED) is 0.599. The van der Waals surface area contributed by atoms with Crippen LogP contribution in [0.25, 0.3) is 0 Å². The predicted octanol–water partition coefficient (Wildman–Crippen LogP) is 4.77. The Morgan fingerprint density at radius 2 is 1.43 bits per heavy atom. The Morgan fingerprint density at radius 1 is 0.857 bits per heavy atom. The molecule has 28 heavy (non-hydrogen) atoms. The van der Waals surface area contributed by atoms with E-state index in [1.807, 2.05) is 86.5 Å². The molecule has 1 aromatic heterocycles. The third-order valence-electron chi connectivity index (χ3n) is 4.75. The summed E-state index contributed by atoms with van der Waals surface area (Å²) in [6.45, 7) is 5.43. The van der Waals surface area contributed by atoms with Gasteiger partial charge < -0.3 is 9.80 Å². The molecule has 0 saturated carbocycles. The van der Waals surface area contributed by atoms with Crippen molar-refractivity contribution in [3.63, 3.8) is 0 Å². The highest BCUT2D eigenvalue weighted by atomic mass is 16.2. The van der Waals surface area contributed by atoms with E-state index >= 15 is 0 Å². The average molecular weight is 374 g/mol. The molecule has 3 rings (SSSR count). The van der Waals surface area contributed by atoms with E-state index in [0.29, 0.717) is 12.2 Å². The van der Waals surface area contributed by atoms with Crippen LogP contribution in [0.3, 0.4) is 0 Å². The summed E-state index contributed by atoms with van der Waals surface area (Å²) in [5.74, 6) is -0.0453. The minimum Gasteiger partial charge on any atom is -0.369 e. The van der Waals surface area contributed by atoms with Gasteiger partial charge in [-0.25, -0.2) is 4.98 Å². The third-order valence-corrected chi connectivity index (χ3v) is 4.75. The Morgan fingerprint density at radius 3 is 1.93 bits per heavy atom. The Bertz CT molecular complexity index is 877. The molecular weight excluding hydrogens is 346 g/mol. The van der Waals surface area contributed by atoms with Crippen LogP contribution in [0.1, 0.15) is 35.5 Å². The maximum absolute atomic E-state index is 13.0. The SMILES string of the molecule is CC(C)N(Cc1ccccc1)C(=O)c1ccc(N(C)Cc2ccccc2)cn1. The van der Waals surface area contributed by atoms with Gasteiger partial charge in [-0.2, -0.15) is 0 Å². The molecule has 0 bridgehead atoms.